The molecule has 2 unspecified atom stereocenters. The Morgan fingerprint density at radius 2 is 2.08 bits per heavy atom. The lowest BCUT2D eigenvalue weighted by atomic mass is 10.4. The van der Waals surface area contributed by atoms with Gasteiger partial charge in [-0.15, -0.1) is 0 Å². The Bertz CT molecular complexity index is 310. The summed E-state index contributed by atoms with van der Waals surface area (Å²) in [5.41, 5.74) is 0. The fourth-order valence-corrected chi connectivity index (χ4v) is 1.79. The van der Waals surface area contributed by atoms with E-state index >= 15 is 0 Å². The van der Waals surface area contributed by atoms with Gasteiger partial charge in [-0.25, -0.2) is 13.2 Å². The molecular formula is C5H7ClO5S. The number of cyclic esters (lactones) is 2. The lowest BCUT2D eigenvalue weighted by Crippen LogP contribution is -2.39. The number of sulfone groups is 1. The fraction of sp³-hybridized carbons (Fsp3) is 0.800. The molecular weight excluding hydrogens is 208 g/mol. The van der Waals surface area contributed by atoms with Crippen molar-refractivity contribution >= 4 is 27.6 Å². The van der Waals surface area contributed by atoms with Gasteiger partial charge < -0.3 is 9.47 Å². The van der Waals surface area contributed by atoms with Gasteiger partial charge in [0.25, 0.3) is 0 Å². The van der Waals surface area contributed by atoms with Gasteiger partial charge in [0, 0.05) is 6.26 Å². The van der Waals surface area contributed by atoms with Crippen LogP contribution in [0, 0.1) is 0 Å². The zero-order valence-electron chi connectivity index (χ0n) is 6.40. The number of carbonyl (C=O) groups excluding carboxylic acids is 1. The van der Waals surface area contributed by atoms with Crippen molar-refractivity contribution in [3.05, 3.63) is 0 Å². The maximum absolute atomic E-state index is 11.0. The Kier molecular flexibility index (Phi) is 2.00. The Labute approximate surface area is 74.5 Å². The number of hydrogen-bond acceptors (Lipinski definition) is 5. The van der Waals surface area contributed by atoms with Crippen LogP contribution in [-0.4, -0.2) is 31.3 Å². The first kappa shape index (κ1) is 9.60. The van der Waals surface area contributed by atoms with Crippen LogP contribution in [0.25, 0.3) is 0 Å². The van der Waals surface area contributed by atoms with Crippen LogP contribution in [0.15, 0.2) is 0 Å². The van der Waals surface area contributed by atoms with E-state index in [4.69, 9.17) is 11.6 Å². The second-order valence-corrected chi connectivity index (χ2v) is 5.40. The molecule has 0 aliphatic carbocycles. The van der Waals surface area contributed by atoms with Crippen LogP contribution < -0.4 is 0 Å². The molecule has 2 atom stereocenters. The summed E-state index contributed by atoms with van der Waals surface area (Å²) >= 11 is 5.54. The van der Waals surface area contributed by atoms with Crippen LogP contribution in [0.1, 0.15) is 6.92 Å². The molecule has 0 bridgehead atoms. The van der Waals surface area contributed by atoms with E-state index in [1.165, 1.54) is 6.92 Å². The molecule has 1 saturated heterocycles. The Balaban J connectivity index is 3.09. The monoisotopic (exact) mass is 214 g/mol. The van der Waals surface area contributed by atoms with Crippen molar-refractivity contribution in [2.45, 2.75) is 17.4 Å². The molecule has 0 amide bonds. The van der Waals surface area contributed by atoms with Gasteiger partial charge in [0.1, 0.15) is 0 Å². The first-order chi connectivity index (χ1) is 5.27. The standard InChI is InChI=1S/C5H7ClO5S/c1-3-5(6,12(2,8)9)11-4(7)10-3/h3H,1-2H3. The zero-order chi connectivity index (χ0) is 9.57. The van der Waals surface area contributed by atoms with Crippen molar-refractivity contribution < 1.29 is 22.7 Å². The van der Waals surface area contributed by atoms with E-state index in [1.54, 1.807) is 0 Å². The van der Waals surface area contributed by atoms with Crippen molar-refractivity contribution in [2.24, 2.45) is 0 Å². The third-order valence-electron chi connectivity index (χ3n) is 1.49. The number of rotatable bonds is 1. The van der Waals surface area contributed by atoms with E-state index in [9.17, 15) is 13.2 Å². The first-order valence-corrected chi connectivity index (χ1v) is 5.32. The third-order valence-corrected chi connectivity index (χ3v) is 4.14. The minimum atomic E-state index is -3.69. The van der Waals surface area contributed by atoms with Gasteiger partial charge in [0.15, 0.2) is 6.10 Å². The fourth-order valence-electron chi connectivity index (χ4n) is 0.813. The largest absolute Gasteiger partial charge is 0.511 e. The summed E-state index contributed by atoms with van der Waals surface area (Å²) in [6.07, 6.45) is -1.19. The van der Waals surface area contributed by atoms with E-state index in [2.05, 4.69) is 9.47 Å². The number of ether oxygens (including phenoxy) is 2. The number of alkyl halides is 1. The lowest BCUT2D eigenvalue weighted by molar-refractivity contribution is 0.119. The average molecular weight is 215 g/mol. The molecule has 0 spiro atoms. The van der Waals surface area contributed by atoms with Crippen LogP contribution in [0.4, 0.5) is 4.79 Å². The van der Waals surface area contributed by atoms with Crippen molar-refractivity contribution in [1.29, 1.82) is 0 Å². The molecule has 12 heavy (non-hydrogen) atoms. The van der Waals surface area contributed by atoms with E-state index in [-0.39, 0.29) is 0 Å². The van der Waals surface area contributed by atoms with Gasteiger partial charge in [-0.05, 0) is 6.92 Å². The van der Waals surface area contributed by atoms with Crippen molar-refractivity contribution in [3.8, 4) is 0 Å². The maximum atomic E-state index is 11.0. The van der Waals surface area contributed by atoms with Gasteiger partial charge in [-0.2, -0.15) is 0 Å². The predicted molar refractivity (Wildman–Crippen MR) is 40.5 cm³/mol. The quantitative estimate of drug-likeness (QED) is 0.469. The molecule has 1 heterocycles. The highest BCUT2D eigenvalue weighted by Crippen LogP contribution is 2.35. The molecule has 7 heteroatoms. The summed E-state index contributed by atoms with van der Waals surface area (Å²) < 4.78 is 28.8. The van der Waals surface area contributed by atoms with Gasteiger partial charge >= 0.3 is 10.5 Å². The minimum Gasteiger partial charge on any atom is -0.424 e. The summed E-state index contributed by atoms with van der Waals surface area (Å²) in [5.74, 6) is 0. The molecule has 0 aromatic rings. The van der Waals surface area contributed by atoms with Crippen LogP contribution in [-0.2, 0) is 19.3 Å². The average Bonchev–Trinajstić information content (AvgIpc) is 2.06. The van der Waals surface area contributed by atoms with Crippen molar-refractivity contribution in [2.75, 3.05) is 6.26 Å². The molecule has 0 N–H and O–H groups in total. The van der Waals surface area contributed by atoms with Crippen LogP contribution in [0.2, 0.25) is 0 Å². The van der Waals surface area contributed by atoms with E-state index in [0.717, 1.165) is 6.26 Å². The Hall–Kier alpha value is -0.490. The van der Waals surface area contributed by atoms with Gasteiger partial charge in [-0.1, -0.05) is 11.6 Å². The van der Waals surface area contributed by atoms with E-state index in [1.807, 2.05) is 0 Å². The van der Waals surface area contributed by atoms with Crippen LogP contribution >= 0.6 is 11.6 Å². The van der Waals surface area contributed by atoms with E-state index in [0.29, 0.717) is 0 Å². The van der Waals surface area contributed by atoms with Crippen LogP contribution in [0.3, 0.4) is 0 Å². The van der Waals surface area contributed by atoms with Crippen LogP contribution in [0.5, 0.6) is 0 Å². The second-order valence-electron chi connectivity index (χ2n) is 2.47. The molecule has 1 aliphatic heterocycles. The summed E-state index contributed by atoms with van der Waals surface area (Å²) in [7, 11) is -3.69. The Morgan fingerprint density at radius 1 is 1.58 bits per heavy atom. The molecule has 0 saturated carbocycles. The van der Waals surface area contributed by atoms with Gasteiger partial charge in [0.2, 0.25) is 9.84 Å². The number of carbonyl (C=O) groups is 1. The molecule has 1 aliphatic rings. The highest BCUT2D eigenvalue weighted by Gasteiger charge is 2.56. The van der Waals surface area contributed by atoms with Crippen molar-refractivity contribution in [1.82, 2.24) is 0 Å². The minimum absolute atomic E-state index is 0.873. The molecule has 1 fully saturated rings. The normalized spacial score (nSPS) is 35.9. The van der Waals surface area contributed by atoms with E-state index < -0.39 is 26.5 Å². The van der Waals surface area contributed by atoms with Gasteiger partial charge in [-0.3, -0.25) is 0 Å². The number of hydrogen-bond donors (Lipinski definition) is 0. The smallest absolute Gasteiger partial charge is 0.424 e. The maximum Gasteiger partial charge on any atom is 0.511 e. The molecule has 70 valence electrons. The Morgan fingerprint density at radius 3 is 2.25 bits per heavy atom. The van der Waals surface area contributed by atoms with Gasteiger partial charge in [0.05, 0.1) is 0 Å². The molecule has 0 radical (unpaired) electrons. The summed E-state index contributed by atoms with van der Waals surface area (Å²) in [5, 5.41) is 0. The molecule has 5 nitrogen and oxygen atoms in total. The lowest BCUT2D eigenvalue weighted by Gasteiger charge is -2.18. The summed E-state index contributed by atoms with van der Waals surface area (Å²) in [6.45, 7) is 1.35. The zero-order valence-corrected chi connectivity index (χ0v) is 7.98. The van der Waals surface area contributed by atoms with Crippen molar-refractivity contribution in [3.63, 3.8) is 0 Å². The highest BCUT2D eigenvalue weighted by molar-refractivity contribution is 7.93. The first-order valence-electron chi connectivity index (χ1n) is 3.05. The summed E-state index contributed by atoms with van der Waals surface area (Å²) in [6, 6.07) is 0. The second kappa shape index (κ2) is 2.50. The number of halogens is 1. The third kappa shape index (κ3) is 1.25. The molecule has 0 aromatic heterocycles. The highest BCUT2D eigenvalue weighted by atomic mass is 35.5. The predicted octanol–water partition coefficient (Wildman–Crippen LogP) is 0.479. The summed E-state index contributed by atoms with van der Waals surface area (Å²) in [4.78, 5) is 10.5. The topological polar surface area (TPSA) is 69.7 Å². The molecule has 1 rings (SSSR count). The molecule has 0 aromatic carbocycles. The SMILES string of the molecule is CC1OC(=O)OC1(Cl)S(C)(=O)=O.